The molecule has 72 valence electrons. The maximum absolute atomic E-state index is 11.3. The lowest BCUT2D eigenvalue weighted by Gasteiger charge is -1.95. The summed E-state index contributed by atoms with van der Waals surface area (Å²) < 4.78 is 4.60. The number of ether oxygens (including phenoxy) is 1. The van der Waals surface area contributed by atoms with Crippen molar-refractivity contribution in [3.05, 3.63) is 29.0 Å². The van der Waals surface area contributed by atoms with Gasteiger partial charge in [-0.2, -0.15) is 0 Å². The minimum atomic E-state index is -0.425. The van der Waals surface area contributed by atoms with Crippen molar-refractivity contribution in [3.8, 4) is 0 Å². The molecule has 0 aliphatic heterocycles. The van der Waals surface area contributed by atoms with Crippen molar-refractivity contribution in [3.63, 3.8) is 0 Å². The number of carbonyl (C=O) groups excluding carboxylic acids is 1. The molecule has 2 heterocycles. The highest BCUT2D eigenvalue weighted by atomic mass is 35.5. The van der Waals surface area contributed by atoms with Gasteiger partial charge >= 0.3 is 5.97 Å². The van der Waals surface area contributed by atoms with Gasteiger partial charge < -0.3 is 9.72 Å². The van der Waals surface area contributed by atoms with Gasteiger partial charge in [-0.1, -0.05) is 11.6 Å². The second kappa shape index (κ2) is 3.31. The Balaban J connectivity index is 2.67. The highest BCUT2D eigenvalue weighted by Crippen LogP contribution is 2.18. The number of H-pyrrole nitrogens is 1. The zero-order valence-electron chi connectivity index (χ0n) is 7.37. The van der Waals surface area contributed by atoms with E-state index in [2.05, 4.69) is 14.7 Å². The van der Waals surface area contributed by atoms with Crippen molar-refractivity contribution >= 4 is 28.6 Å². The molecule has 5 heteroatoms. The second-order valence-corrected chi connectivity index (χ2v) is 3.11. The zero-order chi connectivity index (χ0) is 10.1. The summed E-state index contributed by atoms with van der Waals surface area (Å²) >= 11 is 5.72. The Bertz CT molecular complexity index is 493. The molecule has 0 bridgehead atoms. The van der Waals surface area contributed by atoms with Gasteiger partial charge in [-0.05, 0) is 12.1 Å². The number of nitrogens with zero attached hydrogens (tertiary/aromatic N) is 1. The van der Waals surface area contributed by atoms with Crippen molar-refractivity contribution in [2.24, 2.45) is 0 Å². The van der Waals surface area contributed by atoms with E-state index >= 15 is 0 Å². The standard InChI is InChI=1S/C9H7ClN2O2/c1-14-9(13)5-4-11-6-2-3-7(10)12-8(5)6/h2-4,11H,1H3. The molecule has 0 spiro atoms. The fourth-order valence-corrected chi connectivity index (χ4v) is 1.39. The van der Waals surface area contributed by atoms with Gasteiger partial charge in [0, 0.05) is 6.20 Å². The van der Waals surface area contributed by atoms with Crippen LogP contribution in [0.1, 0.15) is 10.4 Å². The molecule has 2 aromatic rings. The van der Waals surface area contributed by atoms with E-state index in [1.165, 1.54) is 7.11 Å². The van der Waals surface area contributed by atoms with Crippen LogP contribution in [0.25, 0.3) is 11.0 Å². The molecule has 2 aromatic heterocycles. The molecule has 14 heavy (non-hydrogen) atoms. The maximum Gasteiger partial charge on any atom is 0.341 e. The van der Waals surface area contributed by atoms with Crippen LogP contribution in [-0.2, 0) is 4.74 Å². The Morgan fingerprint density at radius 2 is 2.36 bits per heavy atom. The summed E-state index contributed by atoms with van der Waals surface area (Å²) in [6, 6.07) is 3.42. The van der Waals surface area contributed by atoms with E-state index in [4.69, 9.17) is 11.6 Å². The lowest BCUT2D eigenvalue weighted by molar-refractivity contribution is 0.0603. The number of aromatic nitrogens is 2. The average molecular weight is 211 g/mol. The summed E-state index contributed by atoms with van der Waals surface area (Å²) in [5, 5.41) is 0.349. The maximum atomic E-state index is 11.3. The van der Waals surface area contributed by atoms with E-state index < -0.39 is 5.97 Å². The third-order valence-corrected chi connectivity index (χ3v) is 2.10. The van der Waals surface area contributed by atoms with Crippen LogP contribution in [0, 0.1) is 0 Å². The molecule has 0 aromatic carbocycles. The molecule has 0 saturated carbocycles. The second-order valence-electron chi connectivity index (χ2n) is 2.72. The molecular formula is C9H7ClN2O2. The molecule has 0 fully saturated rings. The first-order chi connectivity index (χ1) is 6.72. The van der Waals surface area contributed by atoms with E-state index in [9.17, 15) is 4.79 Å². The van der Waals surface area contributed by atoms with Crippen LogP contribution in [0.4, 0.5) is 0 Å². The van der Waals surface area contributed by atoms with Gasteiger partial charge in [0.25, 0.3) is 0 Å². The molecule has 4 nitrogen and oxygen atoms in total. The summed E-state index contributed by atoms with van der Waals surface area (Å²) in [5.41, 5.74) is 1.68. The number of hydrogen-bond acceptors (Lipinski definition) is 3. The Morgan fingerprint density at radius 1 is 1.57 bits per heavy atom. The molecular weight excluding hydrogens is 204 g/mol. The topological polar surface area (TPSA) is 55.0 Å². The van der Waals surface area contributed by atoms with Gasteiger partial charge in [0.1, 0.15) is 16.2 Å². The van der Waals surface area contributed by atoms with E-state index in [0.29, 0.717) is 16.2 Å². The fraction of sp³-hybridized carbons (Fsp3) is 0.111. The van der Waals surface area contributed by atoms with Crippen LogP contribution in [0.15, 0.2) is 18.3 Å². The van der Waals surface area contributed by atoms with Crippen molar-refractivity contribution in [1.29, 1.82) is 0 Å². The third kappa shape index (κ3) is 1.33. The third-order valence-electron chi connectivity index (χ3n) is 1.89. The summed E-state index contributed by atoms with van der Waals surface area (Å²) in [7, 11) is 1.33. The average Bonchev–Trinajstić information content (AvgIpc) is 2.59. The van der Waals surface area contributed by atoms with Crippen molar-refractivity contribution in [2.45, 2.75) is 0 Å². The number of halogens is 1. The smallest absolute Gasteiger partial charge is 0.341 e. The number of nitrogens with one attached hydrogen (secondary N) is 1. The summed E-state index contributed by atoms with van der Waals surface area (Å²) in [6.45, 7) is 0. The number of methoxy groups -OCH3 is 1. The predicted molar refractivity (Wildman–Crippen MR) is 52.4 cm³/mol. The highest BCUT2D eigenvalue weighted by molar-refractivity contribution is 6.29. The van der Waals surface area contributed by atoms with Crippen LogP contribution in [0.3, 0.4) is 0 Å². The van der Waals surface area contributed by atoms with Gasteiger partial charge in [-0.25, -0.2) is 9.78 Å². The Labute approximate surface area is 84.9 Å². The number of pyridine rings is 1. The summed E-state index contributed by atoms with van der Waals surface area (Å²) in [5.74, 6) is -0.425. The fourth-order valence-electron chi connectivity index (χ4n) is 1.24. The molecule has 0 unspecified atom stereocenters. The molecule has 1 N–H and O–H groups in total. The Kier molecular flexibility index (Phi) is 2.13. The van der Waals surface area contributed by atoms with E-state index in [-0.39, 0.29) is 0 Å². The molecule has 0 radical (unpaired) electrons. The first-order valence-corrected chi connectivity index (χ1v) is 4.32. The Morgan fingerprint density at radius 3 is 3.07 bits per heavy atom. The number of fused-ring (bicyclic) bond motifs is 1. The van der Waals surface area contributed by atoms with Crippen molar-refractivity contribution in [2.75, 3.05) is 7.11 Å². The molecule has 0 aliphatic carbocycles. The number of rotatable bonds is 1. The van der Waals surface area contributed by atoms with Crippen LogP contribution in [-0.4, -0.2) is 23.0 Å². The molecule has 0 saturated heterocycles. The normalized spacial score (nSPS) is 10.4. The quantitative estimate of drug-likeness (QED) is 0.579. The SMILES string of the molecule is COC(=O)c1c[nH]c2ccc(Cl)nc12. The number of carbonyl (C=O) groups is 1. The lowest BCUT2D eigenvalue weighted by atomic mass is 10.3. The number of esters is 1. The van der Waals surface area contributed by atoms with Gasteiger partial charge in [0.2, 0.25) is 0 Å². The van der Waals surface area contributed by atoms with E-state index in [1.54, 1.807) is 18.3 Å². The first-order valence-electron chi connectivity index (χ1n) is 3.94. The van der Waals surface area contributed by atoms with Crippen LogP contribution >= 0.6 is 11.6 Å². The number of aromatic amines is 1. The minimum Gasteiger partial charge on any atom is -0.465 e. The largest absolute Gasteiger partial charge is 0.465 e. The summed E-state index contributed by atoms with van der Waals surface area (Å²) in [4.78, 5) is 18.2. The van der Waals surface area contributed by atoms with Crippen LogP contribution in [0.5, 0.6) is 0 Å². The van der Waals surface area contributed by atoms with E-state index in [1.807, 2.05) is 0 Å². The monoisotopic (exact) mass is 210 g/mol. The van der Waals surface area contributed by atoms with Gasteiger partial charge in [0.15, 0.2) is 0 Å². The zero-order valence-corrected chi connectivity index (χ0v) is 8.13. The number of hydrogen-bond donors (Lipinski definition) is 1. The molecule has 0 amide bonds. The van der Waals surface area contributed by atoms with Crippen LogP contribution < -0.4 is 0 Å². The predicted octanol–water partition coefficient (Wildman–Crippen LogP) is 2.00. The first kappa shape index (κ1) is 9.02. The highest BCUT2D eigenvalue weighted by Gasteiger charge is 2.13. The Hall–Kier alpha value is -1.55. The molecule has 2 rings (SSSR count). The lowest BCUT2D eigenvalue weighted by Crippen LogP contribution is -2.00. The van der Waals surface area contributed by atoms with Crippen LogP contribution in [0.2, 0.25) is 5.15 Å². The van der Waals surface area contributed by atoms with Crippen molar-refractivity contribution < 1.29 is 9.53 Å². The van der Waals surface area contributed by atoms with Gasteiger partial charge in [-0.3, -0.25) is 0 Å². The van der Waals surface area contributed by atoms with E-state index in [0.717, 1.165) is 5.52 Å². The van der Waals surface area contributed by atoms with Gasteiger partial charge in [0.05, 0.1) is 12.6 Å². The summed E-state index contributed by atoms with van der Waals surface area (Å²) in [6.07, 6.45) is 1.56. The van der Waals surface area contributed by atoms with Gasteiger partial charge in [-0.15, -0.1) is 0 Å². The molecule has 0 aliphatic rings. The van der Waals surface area contributed by atoms with Crippen molar-refractivity contribution in [1.82, 2.24) is 9.97 Å². The minimum absolute atomic E-state index is 0.349. The molecule has 0 atom stereocenters.